The highest BCUT2D eigenvalue weighted by atomic mass is 32.1. The van der Waals surface area contributed by atoms with Crippen LogP contribution in [0.1, 0.15) is 30.2 Å². The van der Waals surface area contributed by atoms with Crippen LogP contribution in [0, 0.1) is 0 Å². The number of hydrogen-bond acceptors (Lipinski definition) is 5. The third-order valence-electron chi connectivity index (χ3n) is 3.35. The zero-order valence-corrected chi connectivity index (χ0v) is 10.5. The van der Waals surface area contributed by atoms with Crippen LogP contribution in [0.2, 0.25) is 0 Å². The van der Waals surface area contributed by atoms with E-state index >= 15 is 0 Å². The summed E-state index contributed by atoms with van der Waals surface area (Å²) in [6, 6.07) is 0. The summed E-state index contributed by atoms with van der Waals surface area (Å²) >= 11 is 1.81. The highest BCUT2D eigenvalue weighted by Gasteiger charge is 2.28. The molecule has 88 valence electrons. The summed E-state index contributed by atoms with van der Waals surface area (Å²) in [5.41, 5.74) is 0. The Bertz CT molecular complexity index is 361. The Morgan fingerprint density at radius 1 is 1.12 bits per heavy atom. The van der Waals surface area contributed by atoms with Crippen LogP contribution in [0.3, 0.4) is 0 Å². The fourth-order valence-electron chi connectivity index (χ4n) is 2.09. The molecule has 1 aliphatic carbocycles. The van der Waals surface area contributed by atoms with Crippen LogP contribution < -0.4 is 4.90 Å². The minimum Gasteiger partial charge on any atom is -0.345 e. The van der Waals surface area contributed by atoms with Crippen molar-refractivity contribution in [1.29, 1.82) is 0 Å². The van der Waals surface area contributed by atoms with E-state index in [1.165, 1.54) is 30.8 Å². The van der Waals surface area contributed by atoms with E-state index in [0.29, 0.717) is 0 Å². The number of nitrogens with zero attached hydrogens (tertiary/aromatic N) is 4. The van der Waals surface area contributed by atoms with E-state index in [2.05, 4.69) is 27.0 Å². The Kier molecular flexibility index (Phi) is 2.81. The molecule has 5 heteroatoms. The summed E-state index contributed by atoms with van der Waals surface area (Å²) in [4.78, 5) is 4.79. The molecule has 0 bridgehead atoms. The molecule has 1 aliphatic heterocycles. The lowest BCUT2D eigenvalue weighted by molar-refractivity contribution is 0.360. The summed E-state index contributed by atoms with van der Waals surface area (Å²) in [6.07, 6.45) is 3.86. The first kappa shape index (κ1) is 10.5. The number of hydrogen-bond donors (Lipinski definition) is 0. The number of anilines is 1. The van der Waals surface area contributed by atoms with Crippen molar-refractivity contribution in [3.63, 3.8) is 0 Å². The third-order valence-corrected chi connectivity index (χ3v) is 4.49. The first-order valence-electron chi connectivity index (χ1n) is 6.10. The molecule has 1 aromatic rings. The van der Waals surface area contributed by atoms with Gasteiger partial charge in [0.1, 0.15) is 5.01 Å². The molecule has 3 rings (SSSR count). The van der Waals surface area contributed by atoms with Crippen molar-refractivity contribution in [2.24, 2.45) is 0 Å². The summed E-state index contributed by atoms with van der Waals surface area (Å²) in [6.45, 7) is 4.56. The van der Waals surface area contributed by atoms with E-state index in [9.17, 15) is 0 Å². The first-order chi connectivity index (χ1) is 7.83. The molecule has 0 aromatic carbocycles. The smallest absolute Gasteiger partial charge is 0.208 e. The van der Waals surface area contributed by atoms with Gasteiger partial charge in [0.15, 0.2) is 0 Å². The quantitative estimate of drug-likeness (QED) is 0.782. The highest BCUT2D eigenvalue weighted by molar-refractivity contribution is 7.15. The van der Waals surface area contributed by atoms with Gasteiger partial charge in [-0.25, -0.2) is 0 Å². The second-order valence-electron chi connectivity index (χ2n) is 4.84. The van der Waals surface area contributed by atoms with Crippen LogP contribution in [0.25, 0.3) is 0 Å². The van der Waals surface area contributed by atoms with E-state index in [4.69, 9.17) is 0 Å². The Morgan fingerprint density at radius 2 is 2.00 bits per heavy atom. The molecule has 1 saturated carbocycles. The lowest BCUT2D eigenvalue weighted by Crippen LogP contribution is -2.28. The van der Waals surface area contributed by atoms with Crippen LogP contribution in [0.15, 0.2) is 0 Å². The second kappa shape index (κ2) is 4.30. The van der Waals surface area contributed by atoms with Gasteiger partial charge in [-0.15, -0.1) is 10.2 Å². The molecule has 1 aromatic heterocycles. The fraction of sp³-hybridized carbons (Fsp3) is 0.818. The third kappa shape index (κ3) is 2.20. The summed E-state index contributed by atoms with van der Waals surface area (Å²) in [5.74, 6) is 0.737. The van der Waals surface area contributed by atoms with Gasteiger partial charge in [-0.3, -0.25) is 0 Å². The maximum Gasteiger partial charge on any atom is 0.208 e. The van der Waals surface area contributed by atoms with Crippen molar-refractivity contribution in [2.45, 2.75) is 25.2 Å². The van der Waals surface area contributed by atoms with E-state index in [1.54, 1.807) is 11.3 Å². The Morgan fingerprint density at radius 3 is 2.81 bits per heavy atom. The zero-order valence-electron chi connectivity index (χ0n) is 9.72. The zero-order chi connectivity index (χ0) is 11.0. The molecule has 2 heterocycles. The fourth-order valence-corrected chi connectivity index (χ4v) is 3.15. The van der Waals surface area contributed by atoms with Crippen LogP contribution in [0.4, 0.5) is 5.13 Å². The van der Waals surface area contributed by atoms with Crippen molar-refractivity contribution < 1.29 is 0 Å². The van der Waals surface area contributed by atoms with Gasteiger partial charge in [0, 0.05) is 25.6 Å². The molecule has 0 atom stereocenters. The van der Waals surface area contributed by atoms with Gasteiger partial charge >= 0.3 is 0 Å². The van der Waals surface area contributed by atoms with Crippen LogP contribution in [0.5, 0.6) is 0 Å². The molecule has 2 aliphatic rings. The van der Waals surface area contributed by atoms with E-state index in [-0.39, 0.29) is 0 Å². The van der Waals surface area contributed by atoms with E-state index in [1.807, 2.05) is 0 Å². The van der Waals surface area contributed by atoms with Gasteiger partial charge in [0.05, 0.1) is 0 Å². The molecular weight excluding hydrogens is 220 g/mol. The maximum absolute atomic E-state index is 4.34. The molecule has 0 N–H and O–H groups in total. The van der Waals surface area contributed by atoms with Crippen molar-refractivity contribution in [3.05, 3.63) is 5.01 Å². The molecule has 0 amide bonds. The lowest BCUT2D eigenvalue weighted by atomic mass is 10.4. The van der Waals surface area contributed by atoms with Crippen molar-refractivity contribution in [1.82, 2.24) is 15.1 Å². The van der Waals surface area contributed by atoms with Gasteiger partial charge in [0.2, 0.25) is 5.13 Å². The summed E-state index contributed by atoms with van der Waals surface area (Å²) in [5, 5.41) is 11.1. The largest absolute Gasteiger partial charge is 0.345 e. The number of likely N-dealkylation sites (N-methyl/N-ethyl adjacent to an activating group) is 1. The van der Waals surface area contributed by atoms with Crippen molar-refractivity contribution in [2.75, 3.05) is 38.1 Å². The molecule has 0 radical (unpaired) electrons. The average molecular weight is 238 g/mol. The minimum absolute atomic E-state index is 0.737. The van der Waals surface area contributed by atoms with Crippen LogP contribution >= 0.6 is 11.3 Å². The maximum atomic E-state index is 4.34. The normalized spacial score (nSPS) is 23.4. The number of aromatic nitrogens is 2. The average Bonchev–Trinajstić information content (AvgIpc) is 3.05. The molecule has 4 nitrogen and oxygen atoms in total. The predicted molar refractivity (Wildman–Crippen MR) is 66.2 cm³/mol. The lowest BCUT2D eigenvalue weighted by Gasteiger charge is -2.18. The molecule has 16 heavy (non-hydrogen) atoms. The Hall–Kier alpha value is -0.680. The molecule has 0 spiro atoms. The minimum atomic E-state index is 0.737. The first-order valence-corrected chi connectivity index (χ1v) is 6.91. The van der Waals surface area contributed by atoms with E-state index < -0.39 is 0 Å². The summed E-state index contributed by atoms with van der Waals surface area (Å²) in [7, 11) is 2.19. The molecular formula is C11H18N4S. The predicted octanol–water partition coefficient (Wildman–Crippen LogP) is 1.56. The van der Waals surface area contributed by atoms with Crippen LogP contribution in [-0.2, 0) is 0 Å². The summed E-state index contributed by atoms with van der Waals surface area (Å²) < 4.78 is 0. The van der Waals surface area contributed by atoms with Crippen molar-refractivity contribution >= 4 is 16.5 Å². The topological polar surface area (TPSA) is 32.3 Å². The Balaban J connectivity index is 1.69. The monoisotopic (exact) mass is 238 g/mol. The number of rotatable bonds is 2. The molecule has 0 unspecified atom stereocenters. The van der Waals surface area contributed by atoms with Crippen molar-refractivity contribution in [3.8, 4) is 0 Å². The van der Waals surface area contributed by atoms with Gasteiger partial charge in [-0.1, -0.05) is 11.3 Å². The van der Waals surface area contributed by atoms with Gasteiger partial charge in [-0.2, -0.15) is 0 Å². The molecule has 1 saturated heterocycles. The van der Waals surface area contributed by atoms with Crippen LogP contribution in [-0.4, -0.2) is 48.3 Å². The van der Waals surface area contributed by atoms with Gasteiger partial charge < -0.3 is 9.80 Å². The SMILES string of the molecule is CN1CCCN(c2nnc(C3CC3)s2)CC1. The van der Waals surface area contributed by atoms with E-state index in [0.717, 1.165) is 30.7 Å². The second-order valence-corrected chi connectivity index (χ2v) is 5.83. The van der Waals surface area contributed by atoms with Gasteiger partial charge in [0.25, 0.3) is 0 Å². The Labute approximate surface area is 100 Å². The van der Waals surface area contributed by atoms with Gasteiger partial charge in [-0.05, 0) is 32.9 Å². The highest BCUT2D eigenvalue weighted by Crippen LogP contribution is 2.42. The standard InChI is InChI=1S/C11H18N4S/c1-14-5-2-6-15(8-7-14)11-13-12-10(16-11)9-3-4-9/h9H,2-8H2,1H3. The molecule has 2 fully saturated rings.